The van der Waals surface area contributed by atoms with E-state index in [0.29, 0.717) is 0 Å². The Labute approximate surface area is 132 Å². The molecule has 0 aliphatic heterocycles. The number of rotatable bonds is 6. The van der Waals surface area contributed by atoms with Crippen LogP contribution in [-0.4, -0.2) is 25.7 Å². The van der Waals surface area contributed by atoms with Gasteiger partial charge in [-0.1, -0.05) is 12.1 Å². The zero-order valence-corrected chi connectivity index (χ0v) is 13.7. The van der Waals surface area contributed by atoms with Crippen molar-refractivity contribution in [2.24, 2.45) is 10.6 Å². The predicted octanol–water partition coefficient (Wildman–Crippen LogP) is 1.68. The van der Waals surface area contributed by atoms with Gasteiger partial charge in [0.2, 0.25) is 10.0 Å². The molecule has 0 spiro atoms. The summed E-state index contributed by atoms with van der Waals surface area (Å²) in [5, 5.41) is 19.2. The van der Waals surface area contributed by atoms with Gasteiger partial charge in [-0.05, 0) is 56.7 Å². The highest BCUT2D eigenvalue weighted by atomic mass is 32.2. The molecule has 1 atom stereocenters. The highest BCUT2D eigenvalue weighted by molar-refractivity contribution is 7.89. The van der Waals surface area contributed by atoms with Gasteiger partial charge in [0, 0.05) is 18.0 Å². The minimum Gasteiger partial charge on any atom is -0.389 e. The number of aliphatic hydroxyl groups is 1. The quantitative estimate of drug-likeness (QED) is 0.742. The van der Waals surface area contributed by atoms with Gasteiger partial charge in [-0.15, -0.1) is 0 Å². The van der Waals surface area contributed by atoms with E-state index in [-0.39, 0.29) is 16.4 Å². The van der Waals surface area contributed by atoms with Crippen molar-refractivity contribution >= 4 is 10.0 Å². The van der Waals surface area contributed by atoms with E-state index in [9.17, 15) is 13.5 Å². The smallest absolute Gasteiger partial charge is 0.238 e. The largest absolute Gasteiger partial charge is 0.389 e. The first kappa shape index (κ1) is 15.9. The third-order valence-corrected chi connectivity index (χ3v) is 6.37. The molecule has 1 aromatic rings. The van der Waals surface area contributed by atoms with E-state index in [1.54, 1.807) is 12.1 Å². The Hall–Kier alpha value is -0.950. The van der Waals surface area contributed by atoms with Crippen molar-refractivity contribution in [3.63, 3.8) is 0 Å². The molecular formula is C16H24N2O3S. The molecule has 1 aromatic carbocycles. The van der Waals surface area contributed by atoms with Crippen molar-refractivity contribution in [3.05, 3.63) is 29.8 Å². The number of nitrogens with one attached hydrogen (secondary N) is 1. The molecule has 0 saturated heterocycles. The molecule has 6 heteroatoms. The number of nitrogens with two attached hydrogens (primary N) is 1. The maximum absolute atomic E-state index is 11.4. The molecule has 0 aromatic heterocycles. The number of sulfonamides is 1. The predicted molar refractivity (Wildman–Crippen MR) is 84.7 cm³/mol. The van der Waals surface area contributed by atoms with Crippen LogP contribution in [0.4, 0.5) is 0 Å². The molecule has 22 heavy (non-hydrogen) atoms. The van der Waals surface area contributed by atoms with Crippen LogP contribution in [0.3, 0.4) is 0 Å². The molecule has 4 N–H and O–H groups in total. The summed E-state index contributed by atoms with van der Waals surface area (Å²) in [5.74, 6) is 0. The summed E-state index contributed by atoms with van der Waals surface area (Å²) in [6, 6.07) is 6.74. The molecule has 0 radical (unpaired) electrons. The normalized spacial score (nSPS) is 23.6. The van der Waals surface area contributed by atoms with Gasteiger partial charge in [0.05, 0.1) is 10.5 Å². The minimum atomic E-state index is -3.68. The maximum Gasteiger partial charge on any atom is 0.238 e. The van der Waals surface area contributed by atoms with Crippen LogP contribution in [0.2, 0.25) is 0 Å². The fourth-order valence-corrected chi connectivity index (χ4v) is 4.00. The van der Waals surface area contributed by atoms with E-state index < -0.39 is 15.6 Å². The first-order valence-corrected chi connectivity index (χ1v) is 9.39. The van der Waals surface area contributed by atoms with Crippen LogP contribution in [0.1, 0.15) is 50.6 Å². The van der Waals surface area contributed by atoms with Crippen LogP contribution < -0.4 is 10.5 Å². The van der Waals surface area contributed by atoms with E-state index in [1.807, 2.05) is 13.0 Å². The Balaban J connectivity index is 1.67. The van der Waals surface area contributed by atoms with Crippen molar-refractivity contribution in [3.8, 4) is 0 Å². The number of primary sulfonamides is 1. The molecule has 1 unspecified atom stereocenters. The summed E-state index contributed by atoms with van der Waals surface area (Å²) in [7, 11) is -3.68. The molecule has 0 heterocycles. The SMILES string of the molecule is CC(NCC1(C2(O)CCC2)CC1)c1cccc(S(N)(=O)=O)c1. The van der Waals surface area contributed by atoms with Crippen LogP contribution in [0, 0.1) is 5.41 Å². The van der Waals surface area contributed by atoms with Gasteiger partial charge >= 0.3 is 0 Å². The maximum atomic E-state index is 11.4. The lowest BCUT2D eigenvalue weighted by Crippen LogP contribution is -2.50. The molecule has 2 fully saturated rings. The monoisotopic (exact) mass is 324 g/mol. The Bertz CT molecular complexity index is 664. The molecular weight excluding hydrogens is 300 g/mol. The number of hydrogen-bond donors (Lipinski definition) is 3. The second kappa shape index (κ2) is 5.30. The van der Waals surface area contributed by atoms with Gasteiger partial charge in [-0.3, -0.25) is 0 Å². The van der Waals surface area contributed by atoms with E-state index >= 15 is 0 Å². The minimum absolute atomic E-state index is 0.0165. The molecule has 0 amide bonds. The molecule has 2 saturated carbocycles. The molecule has 3 rings (SSSR count). The molecule has 122 valence electrons. The van der Waals surface area contributed by atoms with Crippen molar-refractivity contribution in [2.75, 3.05) is 6.54 Å². The summed E-state index contributed by atoms with van der Waals surface area (Å²) in [6.45, 7) is 2.77. The molecule has 2 aliphatic carbocycles. The lowest BCUT2D eigenvalue weighted by atomic mass is 9.68. The second-order valence-corrected chi connectivity index (χ2v) is 8.45. The van der Waals surface area contributed by atoms with Gasteiger partial charge in [0.15, 0.2) is 0 Å². The summed E-state index contributed by atoms with van der Waals surface area (Å²) in [6.07, 6.45) is 5.07. The number of benzene rings is 1. The van der Waals surface area contributed by atoms with Crippen LogP contribution in [0.15, 0.2) is 29.2 Å². The summed E-state index contributed by atoms with van der Waals surface area (Å²) < 4.78 is 22.9. The highest BCUT2D eigenvalue weighted by Gasteiger charge is 2.60. The second-order valence-electron chi connectivity index (χ2n) is 6.89. The van der Waals surface area contributed by atoms with Crippen LogP contribution in [-0.2, 0) is 10.0 Å². The van der Waals surface area contributed by atoms with Gasteiger partial charge in [-0.2, -0.15) is 0 Å². The molecule has 2 aliphatic rings. The Morgan fingerprint density at radius 2 is 2.00 bits per heavy atom. The van der Waals surface area contributed by atoms with Gasteiger partial charge in [0.25, 0.3) is 0 Å². The fraction of sp³-hybridized carbons (Fsp3) is 0.625. The average Bonchev–Trinajstić information content (AvgIpc) is 3.23. The lowest BCUT2D eigenvalue weighted by molar-refractivity contribution is -0.0960. The summed E-state index contributed by atoms with van der Waals surface area (Å²) in [5.41, 5.74) is 0.432. The molecule has 0 bridgehead atoms. The average molecular weight is 324 g/mol. The number of hydrogen-bond acceptors (Lipinski definition) is 4. The standard InChI is InChI=1S/C16H24N2O3S/c1-12(13-4-2-5-14(10-13)22(17,20)21)18-11-15(8-9-15)16(19)6-3-7-16/h2,4-5,10,12,18-19H,3,6-9,11H2,1H3,(H2,17,20,21). The lowest BCUT2D eigenvalue weighted by Gasteiger charge is -2.44. The fourth-order valence-electron chi connectivity index (χ4n) is 3.43. The summed E-state index contributed by atoms with van der Waals surface area (Å²) in [4.78, 5) is 0.136. The van der Waals surface area contributed by atoms with Gasteiger partial charge in [0.1, 0.15) is 0 Å². The Kier molecular flexibility index (Phi) is 3.84. The third-order valence-electron chi connectivity index (χ3n) is 5.45. The van der Waals surface area contributed by atoms with E-state index in [2.05, 4.69) is 5.32 Å². The van der Waals surface area contributed by atoms with Crippen molar-refractivity contribution < 1.29 is 13.5 Å². The van der Waals surface area contributed by atoms with Crippen LogP contribution in [0.5, 0.6) is 0 Å². The Morgan fingerprint density at radius 3 is 2.50 bits per heavy atom. The zero-order chi connectivity index (χ0) is 16.0. The van der Waals surface area contributed by atoms with E-state index in [1.165, 1.54) is 6.07 Å². The van der Waals surface area contributed by atoms with Crippen molar-refractivity contribution in [2.45, 2.75) is 55.6 Å². The first-order valence-electron chi connectivity index (χ1n) is 7.84. The van der Waals surface area contributed by atoms with Crippen LogP contribution in [0.25, 0.3) is 0 Å². The van der Waals surface area contributed by atoms with Crippen LogP contribution >= 0.6 is 0 Å². The highest BCUT2D eigenvalue weighted by Crippen LogP contribution is 2.60. The Morgan fingerprint density at radius 1 is 1.32 bits per heavy atom. The van der Waals surface area contributed by atoms with E-state index in [0.717, 1.165) is 44.2 Å². The molecule has 5 nitrogen and oxygen atoms in total. The third kappa shape index (κ3) is 2.80. The first-order chi connectivity index (χ1) is 10.3. The van der Waals surface area contributed by atoms with Gasteiger partial charge in [-0.25, -0.2) is 13.6 Å². The van der Waals surface area contributed by atoms with E-state index in [4.69, 9.17) is 5.14 Å². The van der Waals surface area contributed by atoms with Gasteiger partial charge < -0.3 is 10.4 Å². The van der Waals surface area contributed by atoms with Crippen molar-refractivity contribution in [1.29, 1.82) is 0 Å². The summed E-state index contributed by atoms with van der Waals surface area (Å²) >= 11 is 0. The van der Waals surface area contributed by atoms with Crippen molar-refractivity contribution in [1.82, 2.24) is 5.32 Å². The zero-order valence-electron chi connectivity index (χ0n) is 12.9. The topological polar surface area (TPSA) is 92.4 Å².